The Kier molecular flexibility index (Phi) is 10.1. The van der Waals surface area contributed by atoms with Gasteiger partial charge in [-0.3, -0.25) is 0 Å². The number of para-hydroxylation sites is 1. The van der Waals surface area contributed by atoms with Crippen LogP contribution in [0.4, 0.5) is 0 Å². The first-order chi connectivity index (χ1) is 13.3. The van der Waals surface area contributed by atoms with Crippen molar-refractivity contribution in [3.8, 4) is 11.5 Å². The lowest BCUT2D eigenvalue weighted by Gasteiger charge is -2.17. The molecule has 4 heteroatoms. The number of allylic oxidation sites excluding steroid dienone is 1. The number of benzene rings is 2. The second-order valence-corrected chi connectivity index (χ2v) is 5.35. The van der Waals surface area contributed by atoms with Crippen LogP contribution in [0.3, 0.4) is 0 Å². The third kappa shape index (κ3) is 4.83. The monoisotopic (exact) mass is 370 g/mol. The van der Waals surface area contributed by atoms with E-state index in [0.717, 1.165) is 28.9 Å². The summed E-state index contributed by atoms with van der Waals surface area (Å²) in [6.45, 7) is 15.9. The van der Waals surface area contributed by atoms with Crippen LogP contribution in [0, 0.1) is 0 Å². The van der Waals surface area contributed by atoms with Crippen molar-refractivity contribution in [1.82, 2.24) is 4.57 Å². The average Bonchev–Trinajstić information content (AvgIpc) is 3.07. The van der Waals surface area contributed by atoms with Crippen LogP contribution in [0.2, 0.25) is 0 Å². The summed E-state index contributed by atoms with van der Waals surface area (Å²) in [7, 11) is 0. The second kappa shape index (κ2) is 12.0. The zero-order chi connectivity index (χ0) is 20.2. The minimum absolute atomic E-state index is 0.517. The van der Waals surface area contributed by atoms with Gasteiger partial charge in [0.2, 0.25) is 0 Å². The van der Waals surface area contributed by atoms with Gasteiger partial charge in [-0.15, -0.1) is 6.58 Å². The highest BCUT2D eigenvalue weighted by Crippen LogP contribution is 2.40. The Balaban J connectivity index is 0.000000466. The van der Waals surface area contributed by atoms with Crippen LogP contribution in [0.5, 0.6) is 11.5 Å². The lowest BCUT2D eigenvalue weighted by atomic mass is 10.1. The fourth-order valence-corrected chi connectivity index (χ4v) is 3.02. The lowest BCUT2D eigenvalue weighted by Crippen LogP contribution is -2.13. The first-order valence-electron chi connectivity index (χ1n) is 9.88. The standard InChI is InChI=1S/C16H16N2O2.C3H6.2C2H6/c17-7-9-19-13-5-2-4-12-15(13)11-3-1-6-14-16(11)18(12)8-10-20-14;1-3-2;2*1-2/h1-6H,7-10,17H2;3H,1H2,2H3;2*1-2H3. The van der Waals surface area contributed by atoms with E-state index >= 15 is 0 Å². The highest BCUT2D eigenvalue weighted by atomic mass is 16.5. The van der Waals surface area contributed by atoms with Crippen molar-refractivity contribution in [2.45, 2.75) is 41.2 Å². The average molecular weight is 371 g/mol. The molecule has 0 aliphatic carbocycles. The second-order valence-electron chi connectivity index (χ2n) is 5.35. The Labute approximate surface area is 163 Å². The lowest BCUT2D eigenvalue weighted by molar-refractivity contribution is 0.289. The minimum atomic E-state index is 0.517. The molecular weight excluding hydrogens is 336 g/mol. The summed E-state index contributed by atoms with van der Waals surface area (Å²) >= 11 is 0. The Hall–Kier alpha value is -2.46. The molecule has 27 heavy (non-hydrogen) atoms. The van der Waals surface area contributed by atoms with E-state index in [2.05, 4.69) is 23.3 Å². The molecule has 0 unspecified atom stereocenters. The normalized spacial score (nSPS) is 11.0. The van der Waals surface area contributed by atoms with Gasteiger partial charge in [-0.2, -0.15) is 0 Å². The number of rotatable bonds is 3. The van der Waals surface area contributed by atoms with Crippen molar-refractivity contribution >= 4 is 21.8 Å². The fraction of sp³-hybridized carbons (Fsp3) is 0.391. The summed E-state index contributed by atoms with van der Waals surface area (Å²) < 4.78 is 13.9. The fourth-order valence-electron chi connectivity index (χ4n) is 3.02. The quantitative estimate of drug-likeness (QED) is 0.596. The molecule has 0 amide bonds. The van der Waals surface area contributed by atoms with Crippen LogP contribution in [-0.2, 0) is 6.54 Å². The molecule has 1 aromatic heterocycles. The molecule has 4 rings (SSSR count). The van der Waals surface area contributed by atoms with Gasteiger partial charge < -0.3 is 19.8 Å². The molecule has 0 bridgehead atoms. The third-order valence-electron chi connectivity index (χ3n) is 3.78. The van der Waals surface area contributed by atoms with Gasteiger partial charge in [0.15, 0.2) is 0 Å². The first kappa shape index (κ1) is 22.6. The predicted molar refractivity (Wildman–Crippen MR) is 118 cm³/mol. The van der Waals surface area contributed by atoms with Gasteiger partial charge in [0.25, 0.3) is 0 Å². The molecule has 1 aliphatic rings. The molecule has 2 N–H and O–H groups in total. The highest BCUT2D eigenvalue weighted by Gasteiger charge is 2.20. The SMILES string of the molecule is C=CC.CC.CC.NCCOc1cccc2c1c1cccc3c1n2CCO3. The van der Waals surface area contributed by atoms with Crippen LogP contribution < -0.4 is 15.2 Å². The van der Waals surface area contributed by atoms with Crippen molar-refractivity contribution in [2.24, 2.45) is 5.73 Å². The number of nitrogens with zero attached hydrogens (tertiary/aromatic N) is 1. The zero-order valence-electron chi connectivity index (χ0n) is 17.4. The summed E-state index contributed by atoms with van der Waals surface area (Å²) in [5, 5.41) is 2.34. The van der Waals surface area contributed by atoms with Crippen LogP contribution in [0.25, 0.3) is 21.8 Å². The summed E-state index contributed by atoms with van der Waals surface area (Å²) in [4.78, 5) is 0. The molecule has 2 heterocycles. The first-order valence-corrected chi connectivity index (χ1v) is 9.88. The maximum absolute atomic E-state index is 5.82. The van der Waals surface area contributed by atoms with E-state index < -0.39 is 0 Å². The molecule has 0 saturated heterocycles. The smallest absolute Gasteiger partial charge is 0.143 e. The summed E-state index contributed by atoms with van der Waals surface area (Å²) in [6.07, 6.45) is 1.75. The van der Waals surface area contributed by atoms with E-state index in [1.165, 1.54) is 10.9 Å². The Morgan fingerprint density at radius 1 is 1.15 bits per heavy atom. The van der Waals surface area contributed by atoms with Gasteiger partial charge in [-0.25, -0.2) is 0 Å². The zero-order valence-corrected chi connectivity index (χ0v) is 17.4. The highest BCUT2D eigenvalue weighted by molar-refractivity contribution is 6.13. The van der Waals surface area contributed by atoms with E-state index in [4.69, 9.17) is 15.2 Å². The largest absolute Gasteiger partial charge is 0.492 e. The van der Waals surface area contributed by atoms with Gasteiger partial charge in [0.05, 0.1) is 17.6 Å². The van der Waals surface area contributed by atoms with Crippen LogP contribution in [-0.4, -0.2) is 24.3 Å². The Morgan fingerprint density at radius 3 is 2.48 bits per heavy atom. The molecule has 2 aromatic carbocycles. The minimum Gasteiger partial charge on any atom is -0.492 e. The molecular formula is C23H34N2O2. The molecule has 3 aromatic rings. The van der Waals surface area contributed by atoms with Crippen molar-refractivity contribution in [3.05, 3.63) is 49.1 Å². The van der Waals surface area contributed by atoms with Gasteiger partial charge in [0, 0.05) is 17.3 Å². The number of hydrogen-bond donors (Lipinski definition) is 1. The van der Waals surface area contributed by atoms with E-state index in [0.29, 0.717) is 19.8 Å². The van der Waals surface area contributed by atoms with Gasteiger partial charge in [-0.1, -0.05) is 52.0 Å². The van der Waals surface area contributed by atoms with Crippen molar-refractivity contribution in [2.75, 3.05) is 19.8 Å². The summed E-state index contributed by atoms with van der Waals surface area (Å²) in [6, 6.07) is 12.4. The van der Waals surface area contributed by atoms with E-state index in [-0.39, 0.29) is 0 Å². The Morgan fingerprint density at radius 2 is 1.81 bits per heavy atom. The molecule has 4 nitrogen and oxygen atoms in total. The molecule has 0 radical (unpaired) electrons. The molecule has 148 valence electrons. The van der Waals surface area contributed by atoms with Gasteiger partial charge in [0.1, 0.15) is 24.7 Å². The predicted octanol–water partition coefficient (Wildman–Crippen LogP) is 5.77. The number of hydrogen-bond acceptors (Lipinski definition) is 3. The van der Waals surface area contributed by atoms with Crippen LogP contribution in [0.15, 0.2) is 49.1 Å². The van der Waals surface area contributed by atoms with Crippen LogP contribution in [0.1, 0.15) is 34.6 Å². The maximum atomic E-state index is 5.82. The van der Waals surface area contributed by atoms with Crippen molar-refractivity contribution in [3.63, 3.8) is 0 Å². The van der Waals surface area contributed by atoms with E-state index in [1.54, 1.807) is 6.08 Å². The Bertz CT molecular complexity index is 837. The topological polar surface area (TPSA) is 49.4 Å². The van der Waals surface area contributed by atoms with Crippen molar-refractivity contribution in [1.29, 1.82) is 0 Å². The molecule has 0 saturated carbocycles. The van der Waals surface area contributed by atoms with Crippen LogP contribution >= 0.6 is 0 Å². The number of ether oxygens (including phenoxy) is 2. The summed E-state index contributed by atoms with van der Waals surface area (Å²) in [5.74, 6) is 1.85. The van der Waals surface area contributed by atoms with Gasteiger partial charge in [-0.05, 0) is 25.1 Å². The summed E-state index contributed by atoms with van der Waals surface area (Å²) in [5.41, 5.74) is 7.91. The molecule has 0 fully saturated rings. The number of aromatic nitrogens is 1. The van der Waals surface area contributed by atoms with E-state index in [1.807, 2.05) is 58.9 Å². The third-order valence-corrected chi connectivity index (χ3v) is 3.78. The molecule has 0 spiro atoms. The maximum Gasteiger partial charge on any atom is 0.143 e. The van der Waals surface area contributed by atoms with Gasteiger partial charge >= 0.3 is 0 Å². The number of nitrogens with two attached hydrogens (primary N) is 1. The molecule has 0 atom stereocenters. The van der Waals surface area contributed by atoms with Crippen molar-refractivity contribution < 1.29 is 9.47 Å². The number of fused-ring (bicyclic) bond motifs is 3. The van der Waals surface area contributed by atoms with E-state index in [9.17, 15) is 0 Å². The molecule has 1 aliphatic heterocycles.